The fourth-order valence-electron chi connectivity index (χ4n) is 2.22. The lowest BCUT2D eigenvalue weighted by molar-refractivity contribution is -0.115. The minimum atomic E-state index is -0.178. The number of rotatable bonds is 6. The van der Waals surface area contributed by atoms with E-state index in [0.717, 1.165) is 34.4 Å². The molecular formula is C16H18N4O2S3. The normalized spacial score (nSPS) is 14.9. The molecule has 9 heteroatoms. The van der Waals surface area contributed by atoms with Gasteiger partial charge in [0, 0.05) is 5.75 Å². The molecule has 1 aliphatic rings. The van der Waals surface area contributed by atoms with E-state index in [4.69, 9.17) is 4.74 Å². The van der Waals surface area contributed by atoms with Crippen molar-refractivity contribution in [3.63, 3.8) is 0 Å². The van der Waals surface area contributed by atoms with E-state index in [2.05, 4.69) is 20.5 Å². The van der Waals surface area contributed by atoms with Gasteiger partial charge in [0.05, 0.1) is 24.5 Å². The number of ether oxygens (including phenoxy) is 1. The summed E-state index contributed by atoms with van der Waals surface area (Å²) >= 11 is 4.57. The summed E-state index contributed by atoms with van der Waals surface area (Å²) in [6.45, 7) is 2.83. The van der Waals surface area contributed by atoms with E-state index in [1.165, 1.54) is 23.1 Å². The Morgan fingerprint density at radius 3 is 2.96 bits per heavy atom. The van der Waals surface area contributed by atoms with E-state index in [0.29, 0.717) is 10.1 Å². The zero-order valence-electron chi connectivity index (χ0n) is 13.9. The Kier molecular flexibility index (Phi) is 6.33. The van der Waals surface area contributed by atoms with Crippen molar-refractivity contribution in [1.82, 2.24) is 10.2 Å². The quantitative estimate of drug-likeness (QED) is 0.804. The first-order valence-electron chi connectivity index (χ1n) is 7.83. The molecule has 2 aromatic rings. The van der Waals surface area contributed by atoms with Crippen molar-refractivity contribution in [3.8, 4) is 16.3 Å². The van der Waals surface area contributed by atoms with Crippen molar-refractivity contribution >= 4 is 50.3 Å². The van der Waals surface area contributed by atoms with Gasteiger partial charge in [-0.1, -0.05) is 53.9 Å². The molecular weight excluding hydrogens is 376 g/mol. The molecule has 2 heterocycles. The summed E-state index contributed by atoms with van der Waals surface area (Å²) in [5.74, 6) is 1.67. The number of carbonyl (C=O) groups is 1. The number of hydrogen-bond donors (Lipinski definition) is 1. The summed E-state index contributed by atoms with van der Waals surface area (Å²) in [4.78, 5) is 16.9. The minimum absolute atomic E-state index is 0.0644. The molecule has 0 fully saturated rings. The monoisotopic (exact) mass is 394 g/mol. The van der Waals surface area contributed by atoms with Crippen LogP contribution in [-0.4, -0.2) is 45.1 Å². The molecule has 1 aromatic carbocycles. The zero-order valence-corrected chi connectivity index (χ0v) is 16.3. The van der Waals surface area contributed by atoms with Crippen LogP contribution in [0.3, 0.4) is 0 Å². The number of aromatic nitrogens is 2. The summed E-state index contributed by atoms with van der Waals surface area (Å²) in [5, 5.41) is 12.2. The number of hydrogen-bond acceptors (Lipinski definition) is 8. The Labute approximate surface area is 158 Å². The van der Waals surface area contributed by atoms with Crippen LogP contribution in [0.25, 0.3) is 10.6 Å². The maximum Gasteiger partial charge on any atom is 0.239 e. The van der Waals surface area contributed by atoms with Gasteiger partial charge in [-0.3, -0.25) is 15.1 Å². The number of nitrogens with zero attached hydrogens (tertiary/aromatic N) is 3. The number of benzene rings is 1. The third-order valence-electron chi connectivity index (χ3n) is 3.46. The highest BCUT2D eigenvalue weighted by molar-refractivity contribution is 8.39. The molecule has 1 aromatic heterocycles. The molecule has 25 heavy (non-hydrogen) atoms. The molecule has 132 valence electrons. The van der Waals surface area contributed by atoms with Gasteiger partial charge in [-0.15, -0.1) is 10.2 Å². The second kappa shape index (κ2) is 8.68. The third-order valence-corrected chi connectivity index (χ3v) is 6.90. The Hall–Kier alpha value is -1.58. The molecule has 1 amide bonds. The number of nitrogens with one attached hydrogen (secondary N) is 1. The maximum atomic E-state index is 12.5. The van der Waals surface area contributed by atoms with Crippen LogP contribution in [0.4, 0.5) is 5.13 Å². The van der Waals surface area contributed by atoms with Gasteiger partial charge in [-0.2, -0.15) is 0 Å². The van der Waals surface area contributed by atoms with E-state index < -0.39 is 0 Å². The van der Waals surface area contributed by atoms with Gasteiger partial charge < -0.3 is 4.74 Å². The number of carbonyl (C=O) groups excluding carboxylic acids is 1. The maximum absolute atomic E-state index is 12.5. The van der Waals surface area contributed by atoms with Crippen molar-refractivity contribution in [2.24, 2.45) is 4.99 Å². The van der Waals surface area contributed by atoms with Crippen LogP contribution < -0.4 is 10.1 Å². The third kappa shape index (κ3) is 4.53. The highest BCUT2D eigenvalue weighted by Gasteiger charge is 2.23. The first kappa shape index (κ1) is 18.2. The Morgan fingerprint density at radius 1 is 1.40 bits per heavy atom. The van der Waals surface area contributed by atoms with Crippen molar-refractivity contribution in [2.45, 2.75) is 18.6 Å². The van der Waals surface area contributed by atoms with Crippen LogP contribution in [0.1, 0.15) is 13.3 Å². The van der Waals surface area contributed by atoms with Gasteiger partial charge in [-0.05, 0) is 18.6 Å². The number of thioether (sulfide) groups is 2. The Bertz CT molecular complexity index is 778. The Morgan fingerprint density at radius 2 is 2.24 bits per heavy atom. The molecule has 0 saturated carbocycles. The van der Waals surface area contributed by atoms with Crippen LogP contribution >= 0.6 is 34.9 Å². The topological polar surface area (TPSA) is 76.5 Å². The number of aliphatic imine (C=N–C) groups is 1. The molecule has 1 atom stereocenters. The number of anilines is 1. The van der Waals surface area contributed by atoms with Gasteiger partial charge in [0.1, 0.15) is 10.1 Å². The first-order valence-corrected chi connectivity index (χ1v) is 10.5. The molecule has 0 spiro atoms. The fraction of sp³-hybridized carbons (Fsp3) is 0.375. The highest BCUT2D eigenvalue weighted by Crippen LogP contribution is 2.34. The summed E-state index contributed by atoms with van der Waals surface area (Å²) in [5.41, 5.74) is 0.862. The first-order chi connectivity index (χ1) is 12.2. The SMILES string of the molecule is CC[C@H](SC1=NCCS1)C(=O)Nc1nnc(-c2ccccc2OC)s1. The summed E-state index contributed by atoms with van der Waals surface area (Å²) in [6.07, 6.45) is 0.730. The summed E-state index contributed by atoms with van der Waals surface area (Å²) < 4.78 is 6.35. The van der Waals surface area contributed by atoms with Gasteiger partial charge in [-0.25, -0.2) is 0 Å². The van der Waals surface area contributed by atoms with E-state index in [1.54, 1.807) is 18.9 Å². The van der Waals surface area contributed by atoms with E-state index >= 15 is 0 Å². The standard InChI is InChI=1S/C16H18N4O2S3/c1-3-12(24-16-17-8-9-23-16)13(21)18-15-20-19-14(25-15)10-6-4-5-7-11(10)22-2/h4-7,12H,3,8-9H2,1-2H3,(H,18,20,21)/t12-/m0/s1. The highest BCUT2D eigenvalue weighted by atomic mass is 32.2. The Balaban J connectivity index is 1.68. The van der Waals surface area contributed by atoms with E-state index in [1.807, 2.05) is 31.2 Å². The van der Waals surface area contributed by atoms with Crippen LogP contribution in [0, 0.1) is 0 Å². The second-order valence-electron chi connectivity index (χ2n) is 5.11. The molecule has 3 rings (SSSR count). The summed E-state index contributed by atoms with van der Waals surface area (Å²) in [7, 11) is 1.62. The lowest BCUT2D eigenvalue weighted by Crippen LogP contribution is -2.25. The average molecular weight is 395 g/mol. The van der Waals surface area contributed by atoms with Crippen molar-refractivity contribution in [2.75, 3.05) is 24.7 Å². The molecule has 0 bridgehead atoms. The molecule has 1 N–H and O–H groups in total. The molecule has 0 aliphatic carbocycles. The van der Waals surface area contributed by atoms with Gasteiger partial charge in [0.2, 0.25) is 11.0 Å². The van der Waals surface area contributed by atoms with Gasteiger partial charge in [0.25, 0.3) is 0 Å². The van der Waals surface area contributed by atoms with Gasteiger partial charge in [0.15, 0.2) is 5.01 Å². The number of para-hydroxylation sites is 1. The lowest BCUT2D eigenvalue weighted by atomic mass is 10.2. The predicted octanol–water partition coefficient (Wildman–Crippen LogP) is 3.77. The van der Waals surface area contributed by atoms with Crippen molar-refractivity contribution in [1.29, 1.82) is 0 Å². The molecule has 0 saturated heterocycles. The van der Waals surface area contributed by atoms with Crippen LogP contribution in [0.2, 0.25) is 0 Å². The molecule has 1 aliphatic heterocycles. The largest absolute Gasteiger partial charge is 0.496 e. The second-order valence-corrected chi connectivity index (χ2v) is 8.62. The van der Waals surface area contributed by atoms with Crippen LogP contribution in [-0.2, 0) is 4.79 Å². The minimum Gasteiger partial charge on any atom is -0.496 e. The van der Waals surface area contributed by atoms with Crippen molar-refractivity contribution in [3.05, 3.63) is 24.3 Å². The average Bonchev–Trinajstić information content (AvgIpc) is 3.31. The fourth-order valence-corrected chi connectivity index (χ4v) is 5.15. The number of methoxy groups -OCH3 is 1. The van der Waals surface area contributed by atoms with E-state index in [9.17, 15) is 4.79 Å². The van der Waals surface area contributed by atoms with Crippen LogP contribution in [0.5, 0.6) is 5.75 Å². The van der Waals surface area contributed by atoms with E-state index in [-0.39, 0.29) is 11.2 Å². The van der Waals surface area contributed by atoms with Crippen LogP contribution in [0.15, 0.2) is 29.3 Å². The predicted molar refractivity (Wildman–Crippen MR) is 107 cm³/mol. The number of amides is 1. The molecule has 6 nitrogen and oxygen atoms in total. The van der Waals surface area contributed by atoms with Gasteiger partial charge >= 0.3 is 0 Å². The molecule has 0 unspecified atom stereocenters. The smallest absolute Gasteiger partial charge is 0.239 e. The summed E-state index contributed by atoms with van der Waals surface area (Å²) in [6, 6.07) is 7.62. The lowest BCUT2D eigenvalue weighted by Gasteiger charge is -2.12. The molecule has 0 radical (unpaired) electrons. The zero-order chi connectivity index (χ0) is 17.6. The van der Waals surface area contributed by atoms with Crippen molar-refractivity contribution < 1.29 is 9.53 Å².